The summed E-state index contributed by atoms with van der Waals surface area (Å²) >= 11 is 2.50. The van der Waals surface area contributed by atoms with Gasteiger partial charge in [-0.2, -0.15) is 0 Å². The fourth-order valence-corrected chi connectivity index (χ4v) is 4.11. The molecule has 2 aromatic heterocycles. The van der Waals surface area contributed by atoms with Crippen LogP contribution in [0.15, 0.2) is 39.6 Å². The molecule has 0 saturated carbocycles. The SMILES string of the molecule is CCCc1cc(=O)[nH]c(SCC(=O)Nc2nc(-c3ccc(OC)cc3OC)cs2)n1. The normalized spacial score (nSPS) is 10.6. The molecule has 2 N–H and O–H groups in total. The second-order valence-electron chi connectivity index (χ2n) is 6.23. The Morgan fingerprint density at radius 2 is 2.07 bits per heavy atom. The number of amides is 1. The lowest BCUT2D eigenvalue weighted by atomic mass is 10.1. The Labute approximate surface area is 182 Å². The van der Waals surface area contributed by atoms with Gasteiger partial charge in [0.25, 0.3) is 5.56 Å². The zero-order valence-corrected chi connectivity index (χ0v) is 18.5. The summed E-state index contributed by atoms with van der Waals surface area (Å²) in [6, 6.07) is 6.95. The first-order chi connectivity index (χ1) is 14.5. The van der Waals surface area contributed by atoms with Crippen molar-refractivity contribution in [3.63, 3.8) is 0 Å². The smallest absolute Gasteiger partial charge is 0.251 e. The van der Waals surface area contributed by atoms with Crippen molar-refractivity contribution in [1.29, 1.82) is 0 Å². The minimum Gasteiger partial charge on any atom is -0.497 e. The molecule has 0 spiro atoms. The lowest BCUT2D eigenvalue weighted by Gasteiger charge is -2.08. The monoisotopic (exact) mass is 446 g/mol. The summed E-state index contributed by atoms with van der Waals surface area (Å²) in [5, 5.41) is 5.54. The number of aryl methyl sites for hydroxylation is 1. The van der Waals surface area contributed by atoms with Gasteiger partial charge in [0, 0.05) is 28.8 Å². The predicted molar refractivity (Wildman–Crippen MR) is 119 cm³/mol. The molecule has 0 aliphatic rings. The highest BCUT2D eigenvalue weighted by molar-refractivity contribution is 7.99. The highest BCUT2D eigenvalue weighted by atomic mass is 32.2. The van der Waals surface area contributed by atoms with E-state index in [1.807, 2.05) is 24.4 Å². The van der Waals surface area contributed by atoms with Crippen LogP contribution in [0.25, 0.3) is 11.3 Å². The zero-order valence-electron chi connectivity index (χ0n) is 16.9. The summed E-state index contributed by atoms with van der Waals surface area (Å²) in [6.45, 7) is 2.02. The number of benzene rings is 1. The maximum atomic E-state index is 12.3. The molecule has 2 heterocycles. The van der Waals surface area contributed by atoms with Gasteiger partial charge in [-0.15, -0.1) is 11.3 Å². The van der Waals surface area contributed by atoms with Crippen LogP contribution in [0.1, 0.15) is 19.0 Å². The van der Waals surface area contributed by atoms with Crippen molar-refractivity contribution in [1.82, 2.24) is 15.0 Å². The van der Waals surface area contributed by atoms with Gasteiger partial charge in [0.05, 0.1) is 25.7 Å². The third kappa shape index (κ3) is 5.61. The first-order valence-electron chi connectivity index (χ1n) is 9.23. The minimum atomic E-state index is -0.230. The number of aromatic amines is 1. The number of carbonyl (C=O) groups excluding carboxylic acids is 1. The van der Waals surface area contributed by atoms with Crippen LogP contribution in [0.2, 0.25) is 0 Å². The summed E-state index contributed by atoms with van der Waals surface area (Å²) < 4.78 is 10.6. The molecule has 30 heavy (non-hydrogen) atoms. The van der Waals surface area contributed by atoms with Crippen LogP contribution in [0, 0.1) is 0 Å². The van der Waals surface area contributed by atoms with Gasteiger partial charge in [0.15, 0.2) is 10.3 Å². The van der Waals surface area contributed by atoms with Gasteiger partial charge < -0.3 is 19.8 Å². The highest BCUT2D eigenvalue weighted by Gasteiger charge is 2.13. The van der Waals surface area contributed by atoms with E-state index in [1.54, 1.807) is 20.3 Å². The van der Waals surface area contributed by atoms with E-state index in [0.29, 0.717) is 27.5 Å². The molecule has 3 aromatic rings. The van der Waals surface area contributed by atoms with Gasteiger partial charge in [-0.3, -0.25) is 9.59 Å². The lowest BCUT2D eigenvalue weighted by molar-refractivity contribution is -0.113. The second kappa shape index (κ2) is 10.3. The molecule has 1 amide bonds. The van der Waals surface area contributed by atoms with Crippen molar-refractivity contribution in [2.75, 3.05) is 25.3 Å². The van der Waals surface area contributed by atoms with Crippen molar-refractivity contribution in [2.45, 2.75) is 24.9 Å². The highest BCUT2D eigenvalue weighted by Crippen LogP contribution is 2.34. The number of H-pyrrole nitrogens is 1. The standard InChI is InChI=1S/C20H22N4O4S2/c1-4-5-12-8-17(25)23-19(21-12)30-11-18(26)24-20-22-15(10-29-20)14-7-6-13(27-2)9-16(14)28-3/h6-10H,4-5,11H2,1-3H3,(H,21,23,25)(H,22,24,26). The topological polar surface area (TPSA) is 106 Å². The number of nitrogens with one attached hydrogen (secondary N) is 2. The molecule has 0 aliphatic carbocycles. The Bertz CT molecular complexity index is 1080. The number of carbonyl (C=O) groups is 1. The summed E-state index contributed by atoms with van der Waals surface area (Å²) in [6.07, 6.45) is 1.62. The maximum absolute atomic E-state index is 12.3. The number of thiazole rings is 1. The van der Waals surface area contributed by atoms with Crippen molar-refractivity contribution in [2.24, 2.45) is 0 Å². The number of rotatable bonds is 9. The molecule has 0 fully saturated rings. The van der Waals surface area contributed by atoms with Crippen molar-refractivity contribution < 1.29 is 14.3 Å². The van der Waals surface area contributed by atoms with E-state index in [0.717, 1.165) is 24.1 Å². The van der Waals surface area contributed by atoms with E-state index in [2.05, 4.69) is 20.3 Å². The Morgan fingerprint density at radius 1 is 1.23 bits per heavy atom. The molecular weight excluding hydrogens is 424 g/mol. The average molecular weight is 447 g/mol. The fourth-order valence-electron chi connectivity index (χ4n) is 2.69. The molecule has 3 rings (SSSR count). The summed E-state index contributed by atoms with van der Waals surface area (Å²) in [5.41, 5.74) is 2.01. The zero-order chi connectivity index (χ0) is 21.5. The van der Waals surface area contributed by atoms with E-state index in [-0.39, 0.29) is 17.2 Å². The Morgan fingerprint density at radius 3 is 2.80 bits per heavy atom. The number of anilines is 1. The van der Waals surface area contributed by atoms with Crippen molar-refractivity contribution >= 4 is 34.1 Å². The number of nitrogens with zero attached hydrogens (tertiary/aromatic N) is 2. The van der Waals surface area contributed by atoms with Crippen molar-refractivity contribution in [3.05, 3.63) is 45.7 Å². The first-order valence-corrected chi connectivity index (χ1v) is 11.1. The number of thioether (sulfide) groups is 1. The Hall–Kier alpha value is -2.85. The number of aromatic nitrogens is 3. The van der Waals surface area contributed by atoms with E-state index in [4.69, 9.17) is 9.47 Å². The average Bonchev–Trinajstić information content (AvgIpc) is 3.19. The molecule has 0 aliphatic heterocycles. The van der Waals surface area contributed by atoms with Crippen LogP contribution in [0.3, 0.4) is 0 Å². The molecule has 8 nitrogen and oxygen atoms in total. The van der Waals surface area contributed by atoms with Gasteiger partial charge in [-0.05, 0) is 18.6 Å². The Kier molecular flexibility index (Phi) is 7.47. The third-order valence-electron chi connectivity index (χ3n) is 4.05. The van der Waals surface area contributed by atoms with E-state index in [1.165, 1.54) is 29.2 Å². The predicted octanol–water partition coefficient (Wildman–Crippen LogP) is 3.59. The van der Waals surface area contributed by atoms with Crippen LogP contribution < -0.4 is 20.3 Å². The molecule has 0 atom stereocenters. The van der Waals surface area contributed by atoms with Gasteiger partial charge in [-0.25, -0.2) is 9.97 Å². The van der Waals surface area contributed by atoms with Gasteiger partial charge in [-0.1, -0.05) is 25.1 Å². The fraction of sp³-hybridized carbons (Fsp3) is 0.300. The number of hydrogen-bond donors (Lipinski definition) is 2. The minimum absolute atomic E-state index is 0.110. The quantitative estimate of drug-likeness (QED) is 0.382. The van der Waals surface area contributed by atoms with Gasteiger partial charge in [0.1, 0.15) is 11.5 Å². The molecule has 0 saturated heterocycles. The number of ether oxygens (including phenoxy) is 2. The molecule has 0 bridgehead atoms. The summed E-state index contributed by atoms with van der Waals surface area (Å²) in [4.78, 5) is 35.5. The second-order valence-corrected chi connectivity index (χ2v) is 8.05. The summed E-state index contributed by atoms with van der Waals surface area (Å²) in [7, 11) is 3.17. The molecule has 0 radical (unpaired) electrons. The lowest BCUT2D eigenvalue weighted by Crippen LogP contribution is -2.15. The molecule has 0 unspecified atom stereocenters. The van der Waals surface area contributed by atoms with Gasteiger partial charge in [0.2, 0.25) is 5.91 Å². The third-order valence-corrected chi connectivity index (χ3v) is 5.69. The van der Waals surface area contributed by atoms with Crippen LogP contribution in [0.4, 0.5) is 5.13 Å². The van der Waals surface area contributed by atoms with Crippen LogP contribution >= 0.6 is 23.1 Å². The largest absolute Gasteiger partial charge is 0.497 e. The van der Waals surface area contributed by atoms with E-state index < -0.39 is 0 Å². The number of methoxy groups -OCH3 is 2. The van der Waals surface area contributed by atoms with E-state index in [9.17, 15) is 9.59 Å². The molecule has 158 valence electrons. The van der Waals surface area contributed by atoms with Crippen LogP contribution in [-0.4, -0.2) is 40.8 Å². The summed E-state index contributed by atoms with van der Waals surface area (Å²) in [5.74, 6) is 1.20. The van der Waals surface area contributed by atoms with Crippen LogP contribution in [0.5, 0.6) is 11.5 Å². The van der Waals surface area contributed by atoms with Gasteiger partial charge >= 0.3 is 0 Å². The number of hydrogen-bond acceptors (Lipinski definition) is 8. The molecule has 1 aromatic carbocycles. The van der Waals surface area contributed by atoms with Crippen molar-refractivity contribution in [3.8, 4) is 22.8 Å². The maximum Gasteiger partial charge on any atom is 0.251 e. The Balaban J connectivity index is 1.64. The molecule has 10 heteroatoms. The molecular formula is C20H22N4O4S2. The van der Waals surface area contributed by atoms with Crippen LogP contribution in [-0.2, 0) is 11.2 Å². The van der Waals surface area contributed by atoms with E-state index >= 15 is 0 Å². The first kappa shape index (κ1) is 21.8.